The molecular formula is C17H13ClF3N5O2. The topological polar surface area (TPSA) is 95.1 Å². The molecular weight excluding hydrogens is 399 g/mol. The van der Waals surface area contributed by atoms with Crippen LogP contribution in [0.2, 0.25) is 5.02 Å². The second-order valence-electron chi connectivity index (χ2n) is 5.58. The number of hydrogen-bond donors (Lipinski definition) is 2. The van der Waals surface area contributed by atoms with Crippen molar-refractivity contribution in [2.45, 2.75) is 6.18 Å². The zero-order valence-corrected chi connectivity index (χ0v) is 15.0. The van der Waals surface area contributed by atoms with Gasteiger partial charge in [-0.05, 0) is 30.3 Å². The molecule has 1 heterocycles. The van der Waals surface area contributed by atoms with Crippen molar-refractivity contribution in [3.8, 4) is 11.4 Å². The molecule has 1 amide bonds. The van der Waals surface area contributed by atoms with Gasteiger partial charge in [-0.3, -0.25) is 4.79 Å². The Balaban J connectivity index is 1.90. The van der Waals surface area contributed by atoms with Gasteiger partial charge in [-0.2, -0.15) is 17.9 Å². The summed E-state index contributed by atoms with van der Waals surface area (Å²) in [6.45, 7) is 0. The Labute approximate surface area is 161 Å². The Morgan fingerprint density at radius 3 is 2.68 bits per heavy atom. The molecule has 28 heavy (non-hydrogen) atoms. The molecule has 1 aromatic heterocycles. The number of aromatic nitrogens is 3. The Morgan fingerprint density at radius 2 is 2.00 bits per heavy atom. The number of nitrogens with two attached hydrogens (primary N) is 1. The highest BCUT2D eigenvalue weighted by molar-refractivity contribution is 6.34. The molecule has 2 aromatic carbocycles. The molecule has 3 rings (SSSR count). The predicted octanol–water partition coefficient (Wildman–Crippen LogP) is 3.78. The van der Waals surface area contributed by atoms with Crippen molar-refractivity contribution in [1.29, 1.82) is 0 Å². The Hall–Kier alpha value is -3.27. The van der Waals surface area contributed by atoms with E-state index in [1.165, 1.54) is 31.4 Å². The number of carbonyl (C=O) groups is 1. The molecule has 146 valence electrons. The van der Waals surface area contributed by atoms with Crippen LogP contribution in [0.15, 0.2) is 42.5 Å². The Kier molecular flexibility index (Phi) is 5.14. The lowest BCUT2D eigenvalue weighted by Gasteiger charge is -2.10. The van der Waals surface area contributed by atoms with Gasteiger partial charge in [0.2, 0.25) is 0 Å². The van der Waals surface area contributed by atoms with Crippen LogP contribution in [0.4, 0.5) is 24.7 Å². The third-order valence-electron chi connectivity index (χ3n) is 3.76. The van der Waals surface area contributed by atoms with E-state index < -0.39 is 17.6 Å². The number of rotatable bonds is 4. The molecule has 7 nitrogen and oxygen atoms in total. The lowest BCUT2D eigenvalue weighted by molar-refractivity contribution is -0.137. The van der Waals surface area contributed by atoms with Gasteiger partial charge in [0.15, 0.2) is 11.5 Å². The molecule has 0 atom stereocenters. The van der Waals surface area contributed by atoms with Crippen LogP contribution in [0, 0.1) is 0 Å². The monoisotopic (exact) mass is 411 g/mol. The molecule has 0 bridgehead atoms. The van der Waals surface area contributed by atoms with Gasteiger partial charge in [0.05, 0.1) is 29.1 Å². The number of nitrogens with zero attached hydrogens (tertiary/aromatic N) is 3. The minimum absolute atomic E-state index is 0.0123. The van der Waals surface area contributed by atoms with Crippen LogP contribution in [0.3, 0.4) is 0 Å². The lowest BCUT2D eigenvalue weighted by atomic mass is 10.2. The number of ether oxygens (including phenoxy) is 1. The first-order valence-corrected chi connectivity index (χ1v) is 8.12. The van der Waals surface area contributed by atoms with Crippen LogP contribution in [-0.4, -0.2) is 28.0 Å². The van der Waals surface area contributed by atoms with Crippen molar-refractivity contribution in [2.24, 2.45) is 0 Å². The van der Waals surface area contributed by atoms with E-state index in [0.29, 0.717) is 5.75 Å². The molecule has 0 unspecified atom stereocenters. The van der Waals surface area contributed by atoms with Crippen molar-refractivity contribution in [3.63, 3.8) is 0 Å². The van der Waals surface area contributed by atoms with Crippen molar-refractivity contribution in [1.82, 2.24) is 15.0 Å². The van der Waals surface area contributed by atoms with Crippen molar-refractivity contribution >= 4 is 29.0 Å². The van der Waals surface area contributed by atoms with Gasteiger partial charge in [0, 0.05) is 6.07 Å². The molecule has 3 N–H and O–H groups in total. The highest BCUT2D eigenvalue weighted by Crippen LogP contribution is 2.31. The van der Waals surface area contributed by atoms with E-state index in [-0.39, 0.29) is 27.9 Å². The Bertz CT molecular complexity index is 1040. The van der Waals surface area contributed by atoms with Gasteiger partial charge < -0.3 is 15.8 Å². The number of methoxy groups -OCH3 is 1. The molecule has 0 aliphatic rings. The number of carbonyl (C=O) groups excluding carboxylic acids is 1. The zero-order valence-electron chi connectivity index (χ0n) is 14.3. The molecule has 0 aliphatic heterocycles. The van der Waals surface area contributed by atoms with E-state index in [4.69, 9.17) is 22.1 Å². The van der Waals surface area contributed by atoms with Gasteiger partial charge in [-0.25, -0.2) is 0 Å². The summed E-state index contributed by atoms with van der Waals surface area (Å²) in [5.74, 6) is -0.498. The minimum atomic E-state index is -4.53. The summed E-state index contributed by atoms with van der Waals surface area (Å²) in [6, 6.07) is 8.96. The van der Waals surface area contributed by atoms with E-state index in [0.717, 1.165) is 16.8 Å². The van der Waals surface area contributed by atoms with Crippen LogP contribution in [-0.2, 0) is 6.18 Å². The number of halogens is 4. The van der Waals surface area contributed by atoms with Crippen LogP contribution in [0.1, 0.15) is 16.1 Å². The number of alkyl halides is 3. The summed E-state index contributed by atoms with van der Waals surface area (Å²) in [6.07, 6.45) is -4.53. The first kappa shape index (κ1) is 19.5. The van der Waals surface area contributed by atoms with E-state index in [9.17, 15) is 18.0 Å². The zero-order chi connectivity index (χ0) is 20.5. The first-order valence-electron chi connectivity index (χ1n) is 7.74. The summed E-state index contributed by atoms with van der Waals surface area (Å²) in [7, 11) is 1.45. The van der Waals surface area contributed by atoms with Crippen LogP contribution >= 0.6 is 11.6 Å². The normalized spacial score (nSPS) is 11.3. The van der Waals surface area contributed by atoms with E-state index in [2.05, 4.69) is 15.6 Å². The first-order chi connectivity index (χ1) is 13.2. The predicted molar refractivity (Wildman–Crippen MR) is 96.7 cm³/mol. The number of anilines is 2. The minimum Gasteiger partial charge on any atom is -0.497 e. The third kappa shape index (κ3) is 3.86. The van der Waals surface area contributed by atoms with Gasteiger partial charge in [0.1, 0.15) is 5.75 Å². The van der Waals surface area contributed by atoms with Crippen LogP contribution < -0.4 is 15.8 Å². The fraction of sp³-hybridized carbons (Fsp3) is 0.118. The third-order valence-corrected chi connectivity index (χ3v) is 4.09. The van der Waals surface area contributed by atoms with Gasteiger partial charge in [-0.1, -0.05) is 22.9 Å². The van der Waals surface area contributed by atoms with E-state index in [1.54, 1.807) is 6.07 Å². The van der Waals surface area contributed by atoms with Gasteiger partial charge in [0.25, 0.3) is 5.91 Å². The highest BCUT2D eigenvalue weighted by atomic mass is 35.5. The summed E-state index contributed by atoms with van der Waals surface area (Å²) >= 11 is 6.04. The van der Waals surface area contributed by atoms with Gasteiger partial charge >= 0.3 is 6.18 Å². The Morgan fingerprint density at radius 1 is 1.25 bits per heavy atom. The number of amides is 1. The van der Waals surface area contributed by atoms with E-state index >= 15 is 0 Å². The molecule has 0 saturated carbocycles. The summed E-state index contributed by atoms with van der Waals surface area (Å²) in [5.41, 5.74) is 4.99. The fourth-order valence-corrected chi connectivity index (χ4v) is 2.53. The largest absolute Gasteiger partial charge is 0.497 e. The standard InChI is InChI=1S/C17H13ClF3N5O2/c1-28-11-5-6-12(18)13(8-11)23-16(27)14-15(22)26(25-24-14)10-4-2-3-9(7-10)17(19,20)21/h2-8H,22H2,1H3,(H,23,27). The van der Waals surface area contributed by atoms with Crippen molar-refractivity contribution in [3.05, 3.63) is 58.7 Å². The van der Waals surface area contributed by atoms with Crippen LogP contribution in [0.25, 0.3) is 5.69 Å². The number of nitrogens with one attached hydrogen (secondary N) is 1. The molecule has 0 radical (unpaired) electrons. The van der Waals surface area contributed by atoms with Crippen LogP contribution in [0.5, 0.6) is 5.75 Å². The fourth-order valence-electron chi connectivity index (χ4n) is 2.36. The van der Waals surface area contributed by atoms with Crippen molar-refractivity contribution in [2.75, 3.05) is 18.2 Å². The lowest BCUT2D eigenvalue weighted by Crippen LogP contribution is -2.15. The molecule has 0 fully saturated rings. The molecule has 0 aliphatic carbocycles. The average Bonchev–Trinajstić information content (AvgIpc) is 3.04. The maximum absolute atomic E-state index is 12.9. The highest BCUT2D eigenvalue weighted by Gasteiger charge is 2.31. The van der Waals surface area contributed by atoms with Gasteiger partial charge in [-0.15, -0.1) is 5.10 Å². The smallest absolute Gasteiger partial charge is 0.416 e. The average molecular weight is 412 g/mol. The molecule has 3 aromatic rings. The molecule has 0 saturated heterocycles. The number of benzene rings is 2. The van der Waals surface area contributed by atoms with Crippen molar-refractivity contribution < 1.29 is 22.7 Å². The SMILES string of the molecule is COc1ccc(Cl)c(NC(=O)c2nnn(-c3cccc(C(F)(F)F)c3)c2N)c1. The van der Waals surface area contributed by atoms with E-state index in [1.807, 2.05) is 0 Å². The second kappa shape index (κ2) is 7.39. The summed E-state index contributed by atoms with van der Waals surface area (Å²) in [4.78, 5) is 12.5. The molecule has 11 heteroatoms. The summed E-state index contributed by atoms with van der Waals surface area (Å²) < 4.78 is 44.7. The number of nitrogen functional groups attached to an aromatic ring is 1. The maximum atomic E-state index is 12.9. The number of hydrogen-bond acceptors (Lipinski definition) is 5. The summed E-state index contributed by atoms with van der Waals surface area (Å²) in [5, 5.41) is 10.1. The quantitative estimate of drug-likeness (QED) is 0.681. The second-order valence-corrected chi connectivity index (χ2v) is 5.99. The molecule has 0 spiro atoms. The maximum Gasteiger partial charge on any atom is 0.416 e.